The average Bonchev–Trinajstić information content (AvgIpc) is 3.93. The van der Waals surface area contributed by atoms with E-state index in [1.54, 1.807) is 0 Å². The first-order valence-electron chi connectivity index (χ1n) is 25.7. The third-order valence-corrected chi connectivity index (χ3v) is 15.5. The van der Waals surface area contributed by atoms with Gasteiger partial charge in [-0.05, 0) is 105 Å². The highest BCUT2D eigenvalue weighted by molar-refractivity contribution is 6.23. The normalized spacial score (nSPS) is 15.5. The Bertz CT molecular complexity index is 3790. The Balaban J connectivity index is 1.11. The zero-order valence-corrected chi connectivity index (χ0v) is 43.7. The molecule has 1 N–H and O–H groups in total. The van der Waals surface area contributed by atoms with Gasteiger partial charge in [-0.25, -0.2) is 0 Å². The first kappa shape index (κ1) is 46.9. The zero-order valence-electron chi connectivity index (χ0n) is 43.7. The SMILES string of the molecule is CC(C)c1ccc(N(c2cccc(-c3cccc(C(C)(C)C)c3O)c2)c2cc3oc4cc(N(C5=CCC(C)(C(C)C)C=C5)c5cccc6c5oc5c(C(C)(C)C)cccc56)ccc4c3c3ccccc23)cc1. The monoisotopic (exact) mass is 947 g/mol. The van der Waals surface area contributed by atoms with E-state index in [1.807, 2.05) is 18.2 Å². The molecule has 2 heterocycles. The number of furan rings is 2. The molecule has 0 saturated heterocycles. The van der Waals surface area contributed by atoms with Gasteiger partial charge in [-0.1, -0.05) is 185 Å². The van der Waals surface area contributed by atoms with Gasteiger partial charge in [0.1, 0.15) is 22.5 Å². The molecule has 0 radical (unpaired) electrons. The summed E-state index contributed by atoms with van der Waals surface area (Å²) in [6.45, 7) is 24.6. The molecule has 0 bridgehead atoms. The minimum atomic E-state index is -0.222. The molecule has 1 aliphatic rings. The summed E-state index contributed by atoms with van der Waals surface area (Å²) in [4.78, 5) is 4.70. The van der Waals surface area contributed by atoms with E-state index in [2.05, 4.69) is 238 Å². The van der Waals surface area contributed by atoms with E-state index in [4.69, 9.17) is 8.83 Å². The van der Waals surface area contributed by atoms with Gasteiger partial charge < -0.3 is 23.7 Å². The van der Waals surface area contributed by atoms with Crippen molar-refractivity contribution in [2.45, 2.75) is 99.3 Å². The second-order valence-electron chi connectivity index (χ2n) is 23.0. The van der Waals surface area contributed by atoms with Crippen LogP contribution in [0.5, 0.6) is 5.75 Å². The molecule has 1 atom stereocenters. The van der Waals surface area contributed by atoms with Crippen LogP contribution in [0, 0.1) is 11.3 Å². The maximum atomic E-state index is 11.8. The highest BCUT2D eigenvalue weighted by Gasteiger charge is 2.31. The number of nitrogens with zero attached hydrogens (tertiary/aromatic N) is 2. The van der Waals surface area contributed by atoms with Crippen LogP contribution in [-0.2, 0) is 10.8 Å². The van der Waals surface area contributed by atoms with E-state index in [0.29, 0.717) is 17.6 Å². The summed E-state index contributed by atoms with van der Waals surface area (Å²) < 4.78 is 14.2. The third kappa shape index (κ3) is 7.94. The summed E-state index contributed by atoms with van der Waals surface area (Å²) >= 11 is 0. The largest absolute Gasteiger partial charge is 0.507 e. The minimum Gasteiger partial charge on any atom is -0.507 e. The van der Waals surface area contributed by atoms with Crippen LogP contribution in [0.1, 0.15) is 105 Å². The molecule has 10 aromatic rings. The van der Waals surface area contributed by atoms with E-state index in [-0.39, 0.29) is 16.2 Å². The number of para-hydroxylation sites is 3. The van der Waals surface area contributed by atoms with E-state index in [9.17, 15) is 5.11 Å². The summed E-state index contributed by atoms with van der Waals surface area (Å²) in [5.41, 5.74) is 14.3. The number of anilines is 5. The molecule has 0 spiro atoms. The number of phenolic OH excluding ortho intramolecular Hbond substituents is 1. The second kappa shape index (κ2) is 17.4. The van der Waals surface area contributed by atoms with Crippen molar-refractivity contribution in [2.75, 3.05) is 9.80 Å². The highest BCUT2D eigenvalue weighted by atomic mass is 16.3. The molecule has 0 saturated carbocycles. The van der Waals surface area contributed by atoms with E-state index >= 15 is 0 Å². The van der Waals surface area contributed by atoms with Crippen LogP contribution in [-0.4, -0.2) is 5.11 Å². The Labute approximate surface area is 424 Å². The fourth-order valence-corrected chi connectivity index (χ4v) is 10.9. The molecule has 1 unspecified atom stereocenters. The first-order valence-corrected chi connectivity index (χ1v) is 25.7. The number of aromatic hydroxyl groups is 1. The molecule has 362 valence electrons. The Kier molecular flexibility index (Phi) is 11.3. The number of fused-ring (bicyclic) bond motifs is 8. The zero-order chi connectivity index (χ0) is 50.4. The van der Waals surface area contributed by atoms with Crippen molar-refractivity contribution in [2.24, 2.45) is 11.3 Å². The molecular weight excluding hydrogens is 881 g/mol. The lowest BCUT2D eigenvalue weighted by atomic mass is 9.74. The lowest BCUT2D eigenvalue weighted by Crippen LogP contribution is -2.25. The van der Waals surface area contributed by atoms with Crippen molar-refractivity contribution in [3.63, 3.8) is 0 Å². The molecule has 5 nitrogen and oxygen atoms in total. The lowest BCUT2D eigenvalue weighted by molar-refractivity contribution is 0.298. The minimum absolute atomic E-state index is 0.0500. The van der Waals surface area contributed by atoms with Gasteiger partial charge >= 0.3 is 0 Å². The molecular formula is C67H66N2O3. The molecule has 72 heavy (non-hydrogen) atoms. The number of hydrogen-bond donors (Lipinski definition) is 1. The smallest absolute Gasteiger partial charge is 0.159 e. The predicted molar refractivity (Wildman–Crippen MR) is 305 cm³/mol. The number of benzene rings is 8. The molecule has 8 aromatic carbocycles. The molecule has 0 amide bonds. The van der Waals surface area contributed by atoms with Crippen molar-refractivity contribution in [3.05, 3.63) is 192 Å². The molecule has 2 aromatic heterocycles. The maximum absolute atomic E-state index is 11.8. The van der Waals surface area contributed by atoms with Gasteiger partial charge in [0, 0.05) is 67.3 Å². The molecule has 1 aliphatic carbocycles. The molecule has 0 fully saturated rings. The van der Waals surface area contributed by atoms with Crippen LogP contribution < -0.4 is 9.80 Å². The second-order valence-corrected chi connectivity index (χ2v) is 23.0. The van der Waals surface area contributed by atoms with Gasteiger partial charge in [-0.2, -0.15) is 0 Å². The Morgan fingerprint density at radius 2 is 1.18 bits per heavy atom. The molecule has 0 aliphatic heterocycles. The standard InChI is InChI=1S/C67H66N2O3/c1-41(2)43-28-30-45(31-29-43)69(47-19-14-18-44(38-47)49-22-15-25-55(62(49)70)65(5,6)7)58-40-60-61(51-21-13-12-20-50(51)58)54-33-32-48(39-59(54)71-60)68(46-34-36-67(11,37-35-46)42(3)4)57-27-17-24-53-52-23-16-26-56(66(8,9)10)63(52)72-64(53)57/h12-36,38-42,70H,37H2,1-11H3. The fourth-order valence-electron chi connectivity index (χ4n) is 10.9. The number of rotatable bonds is 9. The van der Waals surface area contributed by atoms with Gasteiger partial charge in [-0.3, -0.25) is 0 Å². The maximum Gasteiger partial charge on any atom is 0.159 e. The average molecular weight is 947 g/mol. The topological polar surface area (TPSA) is 53.0 Å². The number of allylic oxidation sites excluding steroid dienone is 3. The summed E-state index contributed by atoms with van der Waals surface area (Å²) in [5.74, 6) is 1.19. The van der Waals surface area contributed by atoms with Gasteiger partial charge in [0.15, 0.2) is 5.58 Å². The van der Waals surface area contributed by atoms with Crippen molar-refractivity contribution in [1.82, 2.24) is 0 Å². The number of phenols is 1. The van der Waals surface area contributed by atoms with Crippen molar-refractivity contribution >= 4 is 83.1 Å². The summed E-state index contributed by atoms with van der Waals surface area (Å²) in [6, 6.07) is 54.2. The Morgan fingerprint density at radius 1 is 0.542 bits per heavy atom. The van der Waals surface area contributed by atoms with Crippen molar-refractivity contribution < 1.29 is 13.9 Å². The Morgan fingerprint density at radius 3 is 1.88 bits per heavy atom. The van der Waals surface area contributed by atoms with E-state index in [0.717, 1.165) is 112 Å². The van der Waals surface area contributed by atoms with Crippen LogP contribution in [0.4, 0.5) is 28.4 Å². The van der Waals surface area contributed by atoms with Crippen LogP contribution >= 0.6 is 0 Å². The quantitative estimate of drug-likeness (QED) is 0.156. The summed E-state index contributed by atoms with van der Waals surface area (Å²) in [7, 11) is 0. The lowest BCUT2D eigenvalue weighted by Gasteiger charge is -2.35. The van der Waals surface area contributed by atoms with Gasteiger partial charge in [0.25, 0.3) is 0 Å². The van der Waals surface area contributed by atoms with Gasteiger partial charge in [0.2, 0.25) is 0 Å². The summed E-state index contributed by atoms with van der Waals surface area (Å²) in [6.07, 6.45) is 8.01. The number of hydrogen-bond acceptors (Lipinski definition) is 5. The fraction of sp³-hybridized carbons (Fsp3) is 0.254. The predicted octanol–water partition coefficient (Wildman–Crippen LogP) is 19.8. The first-order chi connectivity index (χ1) is 34.4. The highest BCUT2D eigenvalue weighted by Crippen LogP contribution is 2.49. The van der Waals surface area contributed by atoms with E-state index in [1.165, 1.54) is 11.1 Å². The Hall–Kier alpha value is -7.50. The van der Waals surface area contributed by atoms with E-state index < -0.39 is 0 Å². The molecule has 5 heteroatoms. The van der Waals surface area contributed by atoms with Crippen LogP contribution in [0.25, 0.3) is 65.8 Å². The van der Waals surface area contributed by atoms with Crippen LogP contribution in [0.2, 0.25) is 0 Å². The van der Waals surface area contributed by atoms with Crippen LogP contribution in [0.3, 0.4) is 0 Å². The summed E-state index contributed by atoms with van der Waals surface area (Å²) in [5, 5.41) is 18.3. The van der Waals surface area contributed by atoms with Crippen molar-refractivity contribution in [3.8, 4) is 16.9 Å². The van der Waals surface area contributed by atoms with Crippen molar-refractivity contribution in [1.29, 1.82) is 0 Å². The third-order valence-electron chi connectivity index (χ3n) is 15.5. The van der Waals surface area contributed by atoms with Gasteiger partial charge in [-0.15, -0.1) is 0 Å². The molecule has 11 rings (SSSR count). The van der Waals surface area contributed by atoms with Crippen LogP contribution in [0.15, 0.2) is 184 Å². The van der Waals surface area contributed by atoms with Gasteiger partial charge in [0.05, 0.1) is 17.1 Å².